The van der Waals surface area contributed by atoms with Crippen molar-refractivity contribution in [2.75, 3.05) is 19.6 Å². The summed E-state index contributed by atoms with van der Waals surface area (Å²) in [5.74, 6) is -0.0192. The van der Waals surface area contributed by atoms with Gasteiger partial charge in [-0.05, 0) is 32.3 Å². The van der Waals surface area contributed by atoms with Crippen molar-refractivity contribution in [3.05, 3.63) is 17.0 Å². The minimum absolute atomic E-state index is 0.0460. The molecule has 0 unspecified atom stereocenters. The average Bonchev–Trinajstić information content (AvgIpc) is 2.59. The lowest BCUT2D eigenvalue weighted by Crippen LogP contribution is -2.37. The molecule has 6 heteroatoms. The monoisotopic (exact) mass is 278 g/mol. The van der Waals surface area contributed by atoms with E-state index in [1.54, 1.807) is 4.90 Å². The summed E-state index contributed by atoms with van der Waals surface area (Å²) in [6.07, 6.45) is 1.94. The predicted molar refractivity (Wildman–Crippen MR) is 75.2 cm³/mol. The summed E-state index contributed by atoms with van der Waals surface area (Å²) >= 11 is 0. The summed E-state index contributed by atoms with van der Waals surface area (Å²) in [6, 6.07) is 0. The third-order valence-electron chi connectivity index (χ3n) is 3.86. The maximum absolute atomic E-state index is 12.2. The van der Waals surface area contributed by atoms with Crippen LogP contribution in [0.2, 0.25) is 0 Å². The zero-order valence-corrected chi connectivity index (χ0v) is 12.4. The lowest BCUT2D eigenvalue weighted by Gasteiger charge is -2.18. The Balaban J connectivity index is 1.96. The molecule has 0 radical (unpaired) electrons. The van der Waals surface area contributed by atoms with Crippen LogP contribution in [-0.4, -0.2) is 46.1 Å². The molecule has 2 rings (SSSR count). The second kappa shape index (κ2) is 6.07. The summed E-state index contributed by atoms with van der Waals surface area (Å²) in [5, 5.41) is 7.13. The first kappa shape index (κ1) is 14.6. The molecule has 1 saturated heterocycles. The Morgan fingerprint density at radius 3 is 2.80 bits per heavy atom. The molecule has 2 amide bonds. The van der Waals surface area contributed by atoms with Crippen molar-refractivity contribution >= 4 is 11.8 Å². The number of hydrogen-bond donors (Lipinski definition) is 1. The highest BCUT2D eigenvalue weighted by atomic mass is 16.2. The maximum atomic E-state index is 12.2. The van der Waals surface area contributed by atoms with Crippen LogP contribution in [0.5, 0.6) is 0 Å². The molecular weight excluding hydrogens is 256 g/mol. The molecule has 1 aliphatic rings. The van der Waals surface area contributed by atoms with E-state index in [0.29, 0.717) is 25.9 Å². The van der Waals surface area contributed by atoms with E-state index in [-0.39, 0.29) is 18.4 Å². The van der Waals surface area contributed by atoms with Gasteiger partial charge in [-0.3, -0.25) is 14.3 Å². The topological polar surface area (TPSA) is 67.2 Å². The van der Waals surface area contributed by atoms with Crippen molar-refractivity contribution in [2.45, 2.75) is 33.1 Å². The molecule has 0 atom stereocenters. The van der Waals surface area contributed by atoms with Crippen molar-refractivity contribution < 1.29 is 9.59 Å². The van der Waals surface area contributed by atoms with Gasteiger partial charge in [0, 0.05) is 32.3 Å². The molecule has 2 heterocycles. The summed E-state index contributed by atoms with van der Waals surface area (Å²) in [6.45, 7) is 5.47. The fourth-order valence-corrected chi connectivity index (χ4v) is 2.59. The van der Waals surface area contributed by atoms with Gasteiger partial charge in [0.2, 0.25) is 11.8 Å². The van der Waals surface area contributed by atoms with E-state index < -0.39 is 0 Å². The van der Waals surface area contributed by atoms with Gasteiger partial charge in [0.1, 0.15) is 0 Å². The maximum Gasteiger partial charge on any atom is 0.239 e. The molecule has 0 bridgehead atoms. The normalized spacial score (nSPS) is 15.9. The summed E-state index contributed by atoms with van der Waals surface area (Å²) in [7, 11) is 1.91. The standard InChI is InChI=1S/C14H22N4O2/c1-10-12(11(2)17(3)16-10)5-6-14(20)18-8-4-7-15-13(19)9-18/h4-9H2,1-3H3,(H,15,19). The van der Waals surface area contributed by atoms with Crippen molar-refractivity contribution in [3.8, 4) is 0 Å². The Labute approximate surface area is 119 Å². The Kier molecular flexibility index (Phi) is 4.42. The van der Waals surface area contributed by atoms with Crippen molar-refractivity contribution in [1.29, 1.82) is 0 Å². The molecule has 1 aromatic heterocycles. The van der Waals surface area contributed by atoms with Gasteiger partial charge in [0.15, 0.2) is 0 Å². The number of nitrogens with one attached hydrogen (secondary N) is 1. The predicted octanol–water partition coefficient (Wildman–Crippen LogP) is 0.318. The van der Waals surface area contributed by atoms with Gasteiger partial charge >= 0.3 is 0 Å². The first-order valence-electron chi connectivity index (χ1n) is 7.02. The van der Waals surface area contributed by atoms with Gasteiger partial charge in [0.25, 0.3) is 0 Å². The molecule has 1 N–H and O–H groups in total. The fourth-order valence-electron chi connectivity index (χ4n) is 2.59. The van der Waals surface area contributed by atoms with E-state index in [9.17, 15) is 9.59 Å². The molecule has 1 aliphatic heterocycles. The average molecular weight is 278 g/mol. The van der Waals surface area contributed by atoms with Crippen LogP contribution >= 0.6 is 0 Å². The van der Waals surface area contributed by atoms with E-state index in [0.717, 1.165) is 23.4 Å². The molecule has 1 fully saturated rings. The minimum Gasteiger partial charge on any atom is -0.354 e. The lowest BCUT2D eigenvalue weighted by atomic mass is 10.1. The number of carbonyl (C=O) groups is 2. The first-order chi connectivity index (χ1) is 9.49. The fraction of sp³-hybridized carbons (Fsp3) is 0.643. The van der Waals surface area contributed by atoms with Crippen LogP contribution in [0.3, 0.4) is 0 Å². The van der Waals surface area contributed by atoms with Crippen LogP contribution in [-0.2, 0) is 23.1 Å². The zero-order valence-electron chi connectivity index (χ0n) is 12.4. The molecule has 20 heavy (non-hydrogen) atoms. The largest absolute Gasteiger partial charge is 0.354 e. The van der Waals surface area contributed by atoms with Crippen LogP contribution < -0.4 is 5.32 Å². The Morgan fingerprint density at radius 2 is 2.15 bits per heavy atom. The summed E-state index contributed by atoms with van der Waals surface area (Å²) in [4.78, 5) is 25.3. The van der Waals surface area contributed by atoms with Gasteiger partial charge in [0.05, 0.1) is 12.2 Å². The van der Waals surface area contributed by atoms with Crippen molar-refractivity contribution in [2.24, 2.45) is 7.05 Å². The Morgan fingerprint density at radius 1 is 1.40 bits per heavy atom. The van der Waals surface area contributed by atoms with Crippen molar-refractivity contribution in [1.82, 2.24) is 20.0 Å². The van der Waals surface area contributed by atoms with Crippen LogP contribution in [0, 0.1) is 13.8 Å². The molecule has 1 aromatic rings. The van der Waals surface area contributed by atoms with Gasteiger partial charge in [-0.25, -0.2) is 0 Å². The number of rotatable bonds is 3. The van der Waals surface area contributed by atoms with Crippen LogP contribution in [0.15, 0.2) is 0 Å². The molecule has 0 aliphatic carbocycles. The second-order valence-corrected chi connectivity index (χ2v) is 5.29. The van der Waals surface area contributed by atoms with Crippen LogP contribution in [0.4, 0.5) is 0 Å². The zero-order chi connectivity index (χ0) is 14.7. The number of nitrogens with zero attached hydrogens (tertiary/aromatic N) is 3. The molecule has 6 nitrogen and oxygen atoms in total. The number of hydrogen-bond acceptors (Lipinski definition) is 3. The number of carbonyl (C=O) groups excluding carboxylic acids is 2. The molecule has 0 spiro atoms. The minimum atomic E-state index is -0.0652. The quantitative estimate of drug-likeness (QED) is 0.866. The highest BCUT2D eigenvalue weighted by Crippen LogP contribution is 2.15. The van der Waals surface area contributed by atoms with E-state index in [1.807, 2.05) is 25.6 Å². The molecule has 0 aromatic carbocycles. The van der Waals surface area contributed by atoms with E-state index in [4.69, 9.17) is 0 Å². The lowest BCUT2D eigenvalue weighted by molar-refractivity contribution is -0.135. The summed E-state index contributed by atoms with van der Waals surface area (Å²) in [5.41, 5.74) is 3.22. The number of amides is 2. The van der Waals surface area contributed by atoms with Gasteiger partial charge in [-0.15, -0.1) is 0 Å². The van der Waals surface area contributed by atoms with Gasteiger partial charge < -0.3 is 10.2 Å². The van der Waals surface area contributed by atoms with E-state index in [2.05, 4.69) is 10.4 Å². The van der Waals surface area contributed by atoms with Crippen molar-refractivity contribution in [3.63, 3.8) is 0 Å². The van der Waals surface area contributed by atoms with Crippen LogP contribution in [0.25, 0.3) is 0 Å². The number of aryl methyl sites for hydroxylation is 2. The second-order valence-electron chi connectivity index (χ2n) is 5.29. The van der Waals surface area contributed by atoms with Gasteiger partial charge in [-0.1, -0.05) is 0 Å². The first-order valence-corrected chi connectivity index (χ1v) is 7.02. The third kappa shape index (κ3) is 3.18. The van der Waals surface area contributed by atoms with E-state index >= 15 is 0 Å². The molecule has 0 saturated carbocycles. The van der Waals surface area contributed by atoms with Crippen LogP contribution in [0.1, 0.15) is 29.8 Å². The smallest absolute Gasteiger partial charge is 0.239 e. The van der Waals surface area contributed by atoms with Gasteiger partial charge in [-0.2, -0.15) is 5.10 Å². The highest BCUT2D eigenvalue weighted by Gasteiger charge is 2.20. The van der Waals surface area contributed by atoms with E-state index in [1.165, 1.54) is 0 Å². The summed E-state index contributed by atoms with van der Waals surface area (Å²) < 4.78 is 1.84. The highest BCUT2D eigenvalue weighted by molar-refractivity contribution is 5.85. The Hall–Kier alpha value is -1.85. The number of aromatic nitrogens is 2. The third-order valence-corrected chi connectivity index (χ3v) is 3.86. The Bertz CT molecular complexity index is 521. The molecular formula is C14H22N4O2. The molecule has 110 valence electrons. The SMILES string of the molecule is Cc1nn(C)c(C)c1CCC(=O)N1CCCNC(=O)C1.